The van der Waals surface area contributed by atoms with Gasteiger partial charge in [0.1, 0.15) is 12.4 Å². The average Bonchev–Trinajstić information content (AvgIpc) is 3.47. The molecule has 0 radical (unpaired) electrons. The van der Waals surface area contributed by atoms with E-state index in [-0.39, 0.29) is 24.3 Å². The minimum absolute atomic E-state index is 0.00354. The number of imidazole rings is 1. The Kier molecular flexibility index (Phi) is 6.02. The van der Waals surface area contributed by atoms with E-state index in [0.29, 0.717) is 32.1 Å². The van der Waals surface area contributed by atoms with Gasteiger partial charge in [0, 0.05) is 38.0 Å². The maximum Gasteiger partial charge on any atom is 0.243 e. The van der Waals surface area contributed by atoms with Crippen molar-refractivity contribution in [1.29, 1.82) is 0 Å². The molecule has 1 saturated carbocycles. The van der Waals surface area contributed by atoms with Gasteiger partial charge < -0.3 is 14.4 Å². The Morgan fingerprint density at radius 1 is 1.17 bits per heavy atom. The van der Waals surface area contributed by atoms with Crippen molar-refractivity contribution in [2.45, 2.75) is 50.6 Å². The summed E-state index contributed by atoms with van der Waals surface area (Å²) < 4.78 is 2.01. The molecule has 1 atom stereocenters. The fraction of sp³-hybridized carbons (Fsp3) is 0.458. The van der Waals surface area contributed by atoms with E-state index in [1.54, 1.807) is 17.1 Å². The van der Waals surface area contributed by atoms with Crippen LogP contribution in [0.5, 0.6) is 0 Å². The van der Waals surface area contributed by atoms with Gasteiger partial charge in [0.05, 0.1) is 11.0 Å². The predicted octanol–water partition coefficient (Wildman–Crippen LogP) is 3.50. The first-order valence-electron chi connectivity index (χ1n) is 10.9. The van der Waals surface area contributed by atoms with Gasteiger partial charge in [0.2, 0.25) is 11.8 Å². The Morgan fingerprint density at radius 2 is 1.87 bits per heavy atom. The highest BCUT2D eigenvalue weighted by atomic mass is 16.2. The van der Waals surface area contributed by atoms with E-state index in [1.807, 2.05) is 28.8 Å². The molecule has 4 rings (SSSR count). The summed E-state index contributed by atoms with van der Waals surface area (Å²) in [6.45, 7) is 9.36. The van der Waals surface area contributed by atoms with Gasteiger partial charge in [-0.15, -0.1) is 13.2 Å². The number of fused-ring (bicyclic) bond motifs is 1. The summed E-state index contributed by atoms with van der Waals surface area (Å²) in [4.78, 5) is 34.5. The number of para-hydroxylation sites is 2. The maximum atomic E-state index is 13.0. The monoisotopic (exact) mass is 406 g/mol. The molecule has 6 heteroatoms. The first kappa shape index (κ1) is 20.4. The smallest absolute Gasteiger partial charge is 0.243 e. The predicted molar refractivity (Wildman–Crippen MR) is 118 cm³/mol. The zero-order valence-electron chi connectivity index (χ0n) is 17.5. The summed E-state index contributed by atoms with van der Waals surface area (Å²) in [5, 5.41) is 0. The van der Waals surface area contributed by atoms with Crippen molar-refractivity contribution in [3.8, 4) is 0 Å². The molecule has 1 saturated heterocycles. The highest BCUT2D eigenvalue weighted by Gasteiger charge is 2.38. The van der Waals surface area contributed by atoms with Crippen molar-refractivity contribution in [3.05, 3.63) is 55.4 Å². The number of hydrogen-bond acceptors (Lipinski definition) is 3. The Morgan fingerprint density at radius 3 is 2.57 bits per heavy atom. The van der Waals surface area contributed by atoms with Crippen LogP contribution in [0, 0.1) is 0 Å². The highest BCUT2D eigenvalue weighted by molar-refractivity contribution is 5.83. The second kappa shape index (κ2) is 8.86. The van der Waals surface area contributed by atoms with Crippen molar-refractivity contribution in [2.24, 2.45) is 0 Å². The molecule has 1 aliphatic carbocycles. The van der Waals surface area contributed by atoms with E-state index in [2.05, 4.69) is 18.1 Å². The van der Waals surface area contributed by atoms with Crippen LogP contribution in [0.15, 0.2) is 49.6 Å². The van der Waals surface area contributed by atoms with Crippen LogP contribution >= 0.6 is 0 Å². The largest absolute Gasteiger partial charge is 0.339 e. The van der Waals surface area contributed by atoms with Crippen LogP contribution in [-0.4, -0.2) is 56.8 Å². The Balaban J connectivity index is 1.64. The van der Waals surface area contributed by atoms with Crippen LogP contribution in [0.2, 0.25) is 0 Å². The summed E-state index contributed by atoms with van der Waals surface area (Å²) >= 11 is 0. The van der Waals surface area contributed by atoms with E-state index in [1.165, 1.54) is 12.8 Å². The van der Waals surface area contributed by atoms with Crippen LogP contribution in [0.3, 0.4) is 0 Å². The Hall–Kier alpha value is -2.89. The third-order valence-electron chi connectivity index (χ3n) is 6.32. The fourth-order valence-electron chi connectivity index (χ4n) is 4.87. The standard InChI is InChI=1S/C24H30N4O2/c1-3-13-26(14-4-2)23(30)17-28-21-12-8-7-11-20(21)25-24(28)18-15-22(29)27(16-18)19-9-5-6-10-19/h3-4,7-8,11-12,18-19H,1-2,5-6,9-10,13-17H2. The van der Waals surface area contributed by atoms with Gasteiger partial charge in [-0.05, 0) is 25.0 Å². The number of carbonyl (C=O) groups excluding carboxylic acids is 2. The maximum absolute atomic E-state index is 13.0. The normalized spacial score (nSPS) is 19.5. The fourth-order valence-corrected chi connectivity index (χ4v) is 4.87. The van der Waals surface area contributed by atoms with E-state index < -0.39 is 0 Å². The summed E-state index contributed by atoms with van der Waals surface area (Å²) in [6.07, 6.45) is 8.53. The lowest BCUT2D eigenvalue weighted by Gasteiger charge is -2.24. The van der Waals surface area contributed by atoms with Crippen molar-refractivity contribution >= 4 is 22.8 Å². The van der Waals surface area contributed by atoms with Crippen LogP contribution in [0.1, 0.15) is 43.8 Å². The van der Waals surface area contributed by atoms with Gasteiger partial charge in [-0.1, -0.05) is 37.1 Å². The Bertz CT molecular complexity index is 947. The molecule has 2 aromatic rings. The number of benzene rings is 1. The average molecular weight is 407 g/mol. The lowest BCUT2D eigenvalue weighted by Crippen LogP contribution is -2.35. The number of carbonyl (C=O) groups is 2. The molecule has 158 valence electrons. The van der Waals surface area contributed by atoms with E-state index in [0.717, 1.165) is 29.7 Å². The molecule has 1 aromatic carbocycles. The number of amides is 2. The van der Waals surface area contributed by atoms with Crippen LogP contribution in [-0.2, 0) is 16.1 Å². The SMILES string of the molecule is C=CCN(CC=C)C(=O)Cn1c(C2CC(=O)N(C3CCCC3)C2)nc2ccccc21. The number of hydrogen-bond donors (Lipinski definition) is 0. The second-order valence-corrected chi connectivity index (χ2v) is 8.31. The van der Waals surface area contributed by atoms with Gasteiger partial charge in [-0.25, -0.2) is 4.98 Å². The molecule has 1 aromatic heterocycles. The molecule has 2 fully saturated rings. The van der Waals surface area contributed by atoms with Gasteiger partial charge >= 0.3 is 0 Å². The van der Waals surface area contributed by atoms with E-state index in [4.69, 9.17) is 4.98 Å². The van der Waals surface area contributed by atoms with Gasteiger partial charge in [-0.3, -0.25) is 9.59 Å². The Labute approximate surface area is 177 Å². The topological polar surface area (TPSA) is 58.4 Å². The van der Waals surface area contributed by atoms with E-state index >= 15 is 0 Å². The molecule has 6 nitrogen and oxygen atoms in total. The highest BCUT2D eigenvalue weighted by Crippen LogP contribution is 2.35. The quantitative estimate of drug-likeness (QED) is 0.631. The molecule has 2 aliphatic rings. The molecule has 1 aliphatic heterocycles. The molecule has 0 N–H and O–H groups in total. The summed E-state index contributed by atoms with van der Waals surface area (Å²) in [5.74, 6) is 1.08. The van der Waals surface area contributed by atoms with Crippen LogP contribution in [0.25, 0.3) is 11.0 Å². The molecule has 1 unspecified atom stereocenters. The zero-order valence-corrected chi connectivity index (χ0v) is 17.5. The zero-order chi connectivity index (χ0) is 21.1. The first-order valence-corrected chi connectivity index (χ1v) is 10.9. The molecule has 0 spiro atoms. The third kappa shape index (κ3) is 3.91. The van der Waals surface area contributed by atoms with Crippen LogP contribution in [0.4, 0.5) is 0 Å². The lowest BCUT2D eigenvalue weighted by atomic mass is 10.1. The first-order chi connectivity index (χ1) is 14.6. The molecular weight excluding hydrogens is 376 g/mol. The van der Waals surface area contributed by atoms with Gasteiger partial charge in [0.15, 0.2) is 0 Å². The minimum atomic E-state index is -0.00354. The van der Waals surface area contributed by atoms with Crippen molar-refractivity contribution in [3.63, 3.8) is 0 Å². The third-order valence-corrected chi connectivity index (χ3v) is 6.32. The molecule has 0 bridgehead atoms. The number of aromatic nitrogens is 2. The van der Waals surface area contributed by atoms with Gasteiger partial charge in [-0.2, -0.15) is 0 Å². The summed E-state index contributed by atoms with van der Waals surface area (Å²) in [6, 6.07) is 8.26. The minimum Gasteiger partial charge on any atom is -0.339 e. The molecule has 2 amide bonds. The molecular formula is C24H30N4O2. The van der Waals surface area contributed by atoms with Crippen molar-refractivity contribution < 1.29 is 9.59 Å². The number of nitrogens with zero attached hydrogens (tertiary/aromatic N) is 4. The molecule has 30 heavy (non-hydrogen) atoms. The van der Waals surface area contributed by atoms with Crippen molar-refractivity contribution in [2.75, 3.05) is 19.6 Å². The summed E-state index contributed by atoms with van der Waals surface area (Å²) in [5.41, 5.74) is 1.80. The second-order valence-electron chi connectivity index (χ2n) is 8.31. The van der Waals surface area contributed by atoms with Crippen molar-refractivity contribution in [1.82, 2.24) is 19.4 Å². The summed E-state index contributed by atoms with van der Waals surface area (Å²) in [7, 11) is 0. The van der Waals surface area contributed by atoms with E-state index in [9.17, 15) is 9.59 Å². The van der Waals surface area contributed by atoms with Gasteiger partial charge in [0.25, 0.3) is 0 Å². The van der Waals surface area contributed by atoms with Crippen LogP contribution < -0.4 is 0 Å². The lowest BCUT2D eigenvalue weighted by molar-refractivity contribution is -0.131. The number of likely N-dealkylation sites (tertiary alicyclic amines) is 1. The molecule has 2 heterocycles. The number of rotatable bonds is 8.